The molecule has 2 aromatic rings. The normalized spacial score (nSPS) is 16.8. The van der Waals surface area contributed by atoms with E-state index in [0.717, 1.165) is 36.0 Å². The van der Waals surface area contributed by atoms with Crippen LogP contribution in [0, 0.1) is 5.92 Å². The molecule has 0 bridgehead atoms. The summed E-state index contributed by atoms with van der Waals surface area (Å²) in [6.07, 6.45) is 2.13. The van der Waals surface area contributed by atoms with E-state index in [2.05, 4.69) is 6.92 Å². The van der Waals surface area contributed by atoms with Gasteiger partial charge in [-0.15, -0.1) is 11.3 Å². The highest BCUT2D eigenvalue weighted by Crippen LogP contribution is 2.39. The Bertz CT molecular complexity index is 659. The van der Waals surface area contributed by atoms with Gasteiger partial charge in [0.05, 0.1) is 9.72 Å². The Morgan fingerprint density at radius 1 is 1.40 bits per heavy atom. The summed E-state index contributed by atoms with van der Waals surface area (Å²) in [5, 5.41) is 1.42. The quantitative estimate of drug-likeness (QED) is 0.809. The Hall–Kier alpha value is -1.26. The van der Waals surface area contributed by atoms with E-state index in [9.17, 15) is 4.79 Å². The second-order valence-electron chi connectivity index (χ2n) is 5.44. The summed E-state index contributed by atoms with van der Waals surface area (Å²) in [4.78, 5) is 15.1. The molecule has 0 atom stereocenters. The zero-order chi connectivity index (χ0) is 14.3. The SMILES string of the molecule is CC1CCN(C(=O)c2sc3c(N)cccc3c2Cl)CC1. The van der Waals surface area contributed by atoms with Gasteiger partial charge in [0.25, 0.3) is 5.91 Å². The monoisotopic (exact) mass is 308 g/mol. The van der Waals surface area contributed by atoms with Crippen LogP contribution >= 0.6 is 22.9 Å². The van der Waals surface area contributed by atoms with E-state index in [-0.39, 0.29) is 5.91 Å². The molecule has 5 heteroatoms. The van der Waals surface area contributed by atoms with Crippen molar-refractivity contribution in [2.45, 2.75) is 19.8 Å². The number of amides is 1. The summed E-state index contributed by atoms with van der Waals surface area (Å²) in [6.45, 7) is 3.87. The fourth-order valence-electron chi connectivity index (χ4n) is 2.60. The average molecular weight is 309 g/mol. The average Bonchev–Trinajstić information content (AvgIpc) is 2.78. The number of nitrogen functional groups attached to an aromatic ring is 1. The maximum atomic E-state index is 12.6. The van der Waals surface area contributed by atoms with Crippen LogP contribution < -0.4 is 5.73 Å². The Balaban J connectivity index is 1.96. The predicted molar refractivity (Wildman–Crippen MR) is 85.5 cm³/mol. The van der Waals surface area contributed by atoms with Gasteiger partial charge in [-0.1, -0.05) is 30.7 Å². The summed E-state index contributed by atoms with van der Waals surface area (Å²) in [7, 11) is 0. The Labute approximate surface area is 127 Å². The lowest BCUT2D eigenvalue weighted by molar-refractivity contribution is 0.0702. The Morgan fingerprint density at radius 2 is 2.10 bits per heavy atom. The van der Waals surface area contributed by atoms with Crippen molar-refractivity contribution in [2.24, 2.45) is 5.92 Å². The molecule has 0 radical (unpaired) electrons. The van der Waals surface area contributed by atoms with E-state index in [1.807, 2.05) is 23.1 Å². The molecule has 0 saturated carbocycles. The third-order valence-corrected chi connectivity index (χ3v) is 5.70. The number of rotatable bonds is 1. The second kappa shape index (κ2) is 5.26. The van der Waals surface area contributed by atoms with Crippen LogP contribution in [0.3, 0.4) is 0 Å². The maximum Gasteiger partial charge on any atom is 0.265 e. The summed E-state index contributed by atoms with van der Waals surface area (Å²) in [5.74, 6) is 0.745. The molecule has 1 amide bonds. The number of benzene rings is 1. The molecule has 1 fully saturated rings. The number of halogens is 1. The highest BCUT2D eigenvalue weighted by molar-refractivity contribution is 7.22. The fraction of sp³-hybridized carbons (Fsp3) is 0.400. The predicted octanol–water partition coefficient (Wildman–Crippen LogP) is 4.01. The molecule has 3 rings (SSSR count). The first-order valence-electron chi connectivity index (χ1n) is 6.83. The molecular formula is C15H17ClN2OS. The molecule has 1 aliphatic rings. The smallest absolute Gasteiger partial charge is 0.265 e. The van der Waals surface area contributed by atoms with Crippen LogP contribution in [0.4, 0.5) is 5.69 Å². The van der Waals surface area contributed by atoms with Gasteiger partial charge < -0.3 is 10.6 Å². The molecule has 1 aliphatic heterocycles. The molecule has 3 nitrogen and oxygen atoms in total. The summed E-state index contributed by atoms with van der Waals surface area (Å²) in [6, 6.07) is 5.62. The number of thiophene rings is 1. The van der Waals surface area contributed by atoms with Crippen LogP contribution in [0.25, 0.3) is 10.1 Å². The Kier molecular flexibility index (Phi) is 3.61. The van der Waals surface area contributed by atoms with Gasteiger partial charge in [-0.25, -0.2) is 0 Å². The van der Waals surface area contributed by atoms with Gasteiger partial charge >= 0.3 is 0 Å². The molecular weight excluding hydrogens is 292 g/mol. The summed E-state index contributed by atoms with van der Waals surface area (Å²) >= 11 is 7.78. The van der Waals surface area contributed by atoms with Crippen molar-refractivity contribution in [1.29, 1.82) is 0 Å². The highest BCUT2D eigenvalue weighted by atomic mass is 35.5. The largest absolute Gasteiger partial charge is 0.398 e. The summed E-state index contributed by atoms with van der Waals surface area (Å²) < 4.78 is 0.909. The van der Waals surface area contributed by atoms with Crippen LogP contribution in [-0.4, -0.2) is 23.9 Å². The number of likely N-dealkylation sites (tertiary alicyclic amines) is 1. The van der Waals surface area contributed by atoms with Crippen molar-refractivity contribution >= 4 is 44.6 Å². The van der Waals surface area contributed by atoms with Crippen molar-refractivity contribution in [2.75, 3.05) is 18.8 Å². The van der Waals surface area contributed by atoms with Crippen LogP contribution in [0.2, 0.25) is 5.02 Å². The van der Waals surface area contributed by atoms with E-state index >= 15 is 0 Å². The minimum Gasteiger partial charge on any atom is -0.398 e. The highest BCUT2D eigenvalue weighted by Gasteiger charge is 2.25. The minimum atomic E-state index is 0.0440. The number of anilines is 1. The van der Waals surface area contributed by atoms with Gasteiger partial charge in [-0.2, -0.15) is 0 Å². The standard InChI is InChI=1S/C15H17ClN2OS/c1-9-5-7-18(8-6-9)15(19)14-12(16)10-3-2-4-11(17)13(10)20-14/h2-4,9H,5-8,17H2,1H3. The molecule has 1 aromatic carbocycles. The zero-order valence-electron chi connectivity index (χ0n) is 11.4. The van der Waals surface area contributed by atoms with Gasteiger partial charge in [-0.3, -0.25) is 4.79 Å². The van der Waals surface area contributed by atoms with E-state index < -0.39 is 0 Å². The van der Waals surface area contributed by atoms with E-state index in [4.69, 9.17) is 17.3 Å². The van der Waals surface area contributed by atoms with E-state index in [0.29, 0.717) is 21.5 Å². The molecule has 2 N–H and O–H groups in total. The lowest BCUT2D eigenvalue weighted by atomic mass is 9.99. The molecule has 1 aromatic heterocycles. The van der Waals surface area contributed by atoms with E-state index in [1.54, 1.807) is 0 Å². The number of hydrogen-bond donors (Lipinski definition) is 1. The number of piperidine rings is 1. The molecule has 20 heavy (non-hydrogen) atoms. The van der Waals surface area contributed by atoms with Crippen LogP contribution in [0.1, 0.15) is 29.4 Å². The third kappa shape index (κ3) is 2.27. The first kappa shape index (κ1) is 13.7. The van der Waals surface area contributed by atoms with Crippen LogP contribution in [0.15, 0.2) is 18.2 Å². The molecule has 0 spiro atoms. The summed E-state index contributed by atoms with van der Waals surface area (Å²) in [5.41, 5.74) is 6.64. The van der Waals surface area contributed by atoms with Crippen LogP contribution in [0.5, 0.6) is 0 Å². The van der Waals surface area contributed by atoms with E-state index in [1.165, 1.54) is 11.3 Å². The minimum absolute atomic E-state index is 0.0440. The third-order valence-electron chi connectivity index (χ3n) is 3.95. The van der Waals surface area contributed by atoms with Crippen molar-refractivity contribution in [3.63, 3.8) is 0 Å². The van der Waals surface area contributed by atoms with Gasteiger partial charge in [0.1, 0.15) is 4.88 Å². The van der Waals surface area contributed by atoms with Crippen molar-refractivity contribution in [3.05, 3.63) is 28.1 Å². The number of fused-ring (bicyclic) bond motifs is 1. The number of carbonyl (C=O) groups is 1. The lowest BCUT2D eigenvalue weighted by Gasteiger charge is -2.30. The first-order chi connectivity index (χ1) is 9.58. The lowest BCUT2D eigenvalue weighted by Crippen LogP contribution is -2.37. The molecule has 0 aliphatic carbocycles. The van der Waals surface area contributed by atoms with Gasteiger partial charge in [0.2, 0.25) is 0 Å². The van der Waals surface area contributed by atoms with Crippen molar-refractivity contribution < 1.29 is 4.79 Å². The topological polar surface area (TPSA) is 46.3 Å². The fourth-order valence-corrected chi connectivity index (χ4v) is 4.10. The van der Waals surface area contributed by atoms with Gasteiger partial charge in [-0.05, 0) is 24.8 Å². The number of nitrogens with zero attached hydrogens (tertiary/aromatic N) is 1. The van der Waals surface area contributed by atoms with Gasteiger partial charge in [0, 0.05) is 24.2 Å². The number of carbonyl (C=O) groups excluding carboxylic acids is 1. The molecule has 2 heterocycles. The second-order valence-corrected chi connectivity index (χ2v) is 6.84. The maximum absolute atomic E-state index is 12.6. The first-order valence-corrected chi connectivity index (χ1v) is 8.03. The molecule has 1 saturated heterocycles. The Morgan fingerprint density at radius 3 is 2.75 bits per heavy atom. The van der Waals surface area contributed by atoms with Crippen molar-refractivity contribution in [3.8, 4) is 0 Å². The van der Waals surface area contributed by atoms with Crippen LogP contribution in [-0.2, 0) is 0 Å². The van der Waals surface area contributed by atoms with Crippen molar-refractivity contribution in [1.82, 2.24) is 4.90 Å². The molecule has 106 valence electrons. The number of nitrogens with two attached hydrogens (primary N) is 1. The zero-order valence-corrected chi connectivity index (χ0v) is 12.9. The number of hydrogen-bond acceptors (Lipinski definition) is 3. The molecule has 0 unspecified atom stereocenters. The van der Waals surface area contributed by atoms with Gasteiger partial charge in [0.15, 0.2) is 0 Å².